The van der Waals surface area contributed by atoms with Crippen LogP contribution < -0.4 is 4.90 Å². The Balaban J connectivity index is 1.28. The van der Waals surface area contributed by atoms with Crippen molar-refractivity contribution in [2.45, 2.75) is 51.0 Å². The van der Waals surface area contributed by atoms with E-state index in [-0.39, 0.29) is 5.92 Å². The molecule has 0 spiro atoms. The first-order chi connectivity index (χ1) is 15.0. The molecule has 2 aliphatic rings. The number of fused-ring (bicyclic) bond motifs is 1. The van der Waals surface area contributed by atoms with Crippen LogP contribution in [-0.2, 0) is 14.8 Å². The molecular weight excluding hydrogens is 414 g/mol. The van der Waals surface area contributed by atoms with Crippen LogP contribution in [0.15, 0.2) is 18.6 Å². The summed E-state index contributed by atoms with van der Waals surface area (Å²) in [6.45, 7) is 2.09. The smallest absolute Gasteiger partial charge is 0.214 e. The lowest BCUT2D eigenvalue weighted by atomic mass is 9.86. The maximum atomic E-state index is 13.0. The summed E-state index contributed by atoms with van der Waals surface area (Å²) >= 11 is 0. The molecule has 1 aliphatic carbocycles. The molecule has 0 aromatic carbocycles. The number of ether oxygens (including phenoxy) is 1. The van der Waals surface area contributed by atoms with Gasteiger partial charge in [0.15, 0.2) is 0 Å². The fourth-order valence-corrected chi connectivity index (χ4v) is 7.08. The summed E-state index contributed by atoms with van der Waals surface area (Å²) in [6, 6.07) is 2.39. The summed E-state index contributed by atoms with van der Waals surface area (Å²) in [4.78, 5) is 14.2. The minimum atomic E-state index is -3.17. The number of H-pyrrole nitrogens is 1. The molecule has 31 heavy (non-hydrogen) atoms. The molecule has 2 aromatic heterocycles. The maximum Gasteiger partial charge on any atom is 0.214 e. The van der Waals surface area contributed by atoms with E-state index in [1.807, 2.05) is 12.3 Å². The summed E-state index contributed by atoms with van der Waals surface area (Å²) in [7, 11) is 0.636. The van der Waals surface area contributed by atoms with Gasteiger partial charge in [-0.3, -0.25) is 0 Å². The topological polar surface area (TPSA) is 91.4 Å². The number of hydrogen-bond donors (Lipinski definition) is 1. The average Bonchev–Trinajstić information content (AvgIpc) is 3.27. The Morgan fingerprint density at radius 3 is 2.58 bits per heavy atom. The Morgan fingerprint density at radius 1 is 1.13 bits per heavy atom. The van der Waals surface area contributed by atoms with Gasteiger partial charge in [-0.05, 0) is 62.8 Å². The number of piperidine rings is 1. The van der Waals surface area contributed by atoms with Crippen molar-refractivity contribution in [1.82, 2.24) is 19.3 Å². The molecule has 9 heteroatoms. The van der Waals surface area contributed by atoms with E-state index in [0.29, 0.717) is 30.8 Å². The van der Waals surface area contributed by atoms with Gasteiger partial charge in [0, 0.05) is 46.1 Å². The normalized spacial score (nSPS) is 23.9. The van der Waals surface area contributed by atoms with E-state index < -0.39 is 10.0 Å². The molecular formula is C22H35N5O3S. The number of sulfonamides is 1. The van der Waals surface area contributed by atoms with Gasteiger partial charge in [-0.15, -0.1) is 0 Å². The zero-order valence-electron chi connectivity index (χ0n) is 18.7. The van der Waals surface area contributed by atoms with Gasteiger partial charge in [0.1, 0.15) is 17.8 Å². The van der Waals surface area contributed by atoms with Gasteiger partial charge in [0.2, 0.25) is 10.0 Å². The average molecular weight is 450 g/mol. The maximum absolute atomic E-state index is 13.0. The van der Waals surface area contributed by atoms with Crippen molar-refractivity contribution < 1.29 is 13.2 Å². The standard InChI is InChI=1S/C22H35N5O3S/c1-26(22-20-7-11-23-21(20)24-16-25-22)19-5-3-18(4-6-19)15-31(28,29)27-12-8-17(9-13-27)10-14-30-2/h7,11,16-19H,3-6,8-10,12-15H2,1-2H3,(H,23,24,25)/t18-,19-. The summed E-state index contributed by atoms with van der Waals surface area (Å²) in [5.41, 5.74) is 0.850. The van der Waals surface area contributed by atoms with Crippen molar-refractivity contribution in [2.24, 2.45) is 11.8 Å². The SMILES string of the molecule is COCCC1CCN(S(=O)(=O)C[C@H]2CC[C@H](N(C)c3ncnc4[nH]ccc34)CC2)CC1. The second-order valence-corrected chi connectivity index (χ2v) is 11.1. The van der Waals surface area contributed by atoms with Crippen LogP contribution in [0.1, 0.15) is 44.9 Å². The molecule has 0 bridgehead atoms. The van der Waals surface area contributed by atoms with Crippen molar-refractivity contribution in [1.29, 1.82) is 0 Å². The van der Waals surface area contributed by atoms with E-state index in [1.165, 1.54) is 0 Å². The van der Waals surface area contributed by atoms with Crippen LogP contribution in [0.5, 0.6) is 0 Å². The van der Waals surface area contributed by atoms with Crippen LogP contribution in [0.4, 0.5) is 5.82 Å². The summed E-state index contributed by atoms with van der Waals surface area (Å²) < 4.78 is 32.9. The van der Waals surface area contributed by atoms with Crippen molar-refractivity contribution >= 4 is 26.9 Å². The second kappa shape index (κ2) is 9.83. The Morgan fingerprint density at radius 2 is 1.87 bits per heavy atom. The summed E-state index contributed by atoms with van der Waals surface area (Å²) in [6.07, 6.45) is 10.3. The van der Waals surface area contributed by atoms with Gasteiger partial charge in [0.05, 0.1) is 11.1 Å². The molecule has 1 saturated heterocycles. The van der Waals surface area contributed by atoms with E-state index in [4.69, 9.17) is 4.74 Å². The number of anilines is 1. The highest BCUT2D eigenvalue weighted by molar-refractivity contribution is 7.89. The summed E-state index contributed by atoms with van der Waals surface area (Å²) in [5.74, 6) is 2.07. The lowest BCUT2D eigenvalue weighted by Gasteiger charge is -2.37. The highest BCUT2D eigenvalue weighted by atomic mass is 32.2. The Labute approximate surface area is 185 Å². The minimum absolute atomic E-state index is 0.249. The zero-order chi connectivity index (χ0) is 21.8. The molecule has 2 fully saturated rings. The van der Waals surface area contributed by atoms with Crippen molar-refractivity contribution in [2.75, 3.05) is 44.5 Å². The van der Waals surface area contributed by atoms with Gasteiger partial charge >= 0.3 is 0 Å². The first-order valence-electron chi connectivity index (χ1n) is 11.5. The van der Waals surface area contributed by atoms with Crippen LogP contribution in [0.25, 0.3) is 11.0 Å². The number of aromatic amines is 1. The first-order valence-corrected chi connectivity index (χ1v) is 13.1. The third-order valence-corrected chi connectivity index (χ3v) is 9.22. The van der Waals surface area contributed by atoms with Crippen molar-refractivity contribution in [3.05, 3.63) is 18.6 Å². The van der Waals surface area contributed by atoms with E-state index in [2.05, 4.69) is 26.9 Å². The van der Waals surface area contributed by atoms with Gasteiger partial charge in [0.25, 0.3) is 0 Å². The highest BCUT2D eigenvalue weighted by Crippen LogP contribution is 2.33. The molecule has 0 atom stereocenters. The molecule has 4 rings (SSSR count). The van der Waals surface area contributed by atoms with Crippen LogP contribution in [-0.4, -0.2) is 73.3 Å². The quantitative estimate of drug-likeness (QED) is 0.666. The van der Waals surface area contributed by atoms with Crippen LogP contribution in [0.2, 0.25) is 0 Å². The molecule has 172 valence electrons. The second-order valence-electron chi connectivity index (χ2n) is 9.13. The molecule has 1 aliphatic heterocycles. The third kappa shape index (κ3) is 5.21. The summed E-state index contributed by atoms with van der Waals surface area (Å²) in [5, 5.41) is 1.03. The Kier molecular flexibility index (Phi) is 7.13. The van der Waals surface area contributed by atoms with Crippen LogP contribution in [0.3, 0.4) is 0 Å². The lowest BCUT2D eigenvalue weighted by molar-refractivity contribution is 0.158. The Bertz CT molecular complexity index is 947. The van der Waals surface area contributed by atoms with E-state index in [9.17, 15) is 8.42 Å². The number of nitrogens with zero attached hydrogens (tertiary/aromatic N) is 4. The predicted octanol–water partition coefficient (Wildman–Crippen LogP) is 3.03. The molecule has 1 N–H and O–H groups in total. The minimum Gasteiger partial charge on any atom is -0.385 e. The molecule has 8 nitrogen and oxygen atoms in total. The van der Waals surface area contributed by atoms with E-state index >= 15 is 0 Å². The number of aromatic nitrogens is 3. The number of rotatable bonds is 8. The molecule has 0 radical (unpaired) electrons. The zero-order valence-corrected chi connectivity index (χ0v) is 19.5. The number of nitrogens with one attached hydrogen (secondary N) is 1. The van der Waals surface area contributed by atoms with Crippen molar-refractivity contribution in [3.63, 3.8) is 0 Å². The number of methoxy groups -OCH3 is 1. The van der Waals surface area contributed by atoms with E-state index in [1.54, 1.807) is 17.7 Å². The van der Waals surface area contributed by atoms with Crippen LogP contribution in [0, 0.1) is 11.8 Å². The van der Waals surface area contributed by atoms with Gasteiger partial charge < -0.3 is 14.6 Å². The van der Waals surface area contributed by atoms with Gasteiger partial charge in [-0.2, -0.15) is 0 Å². The Hall–Kier alpha value is -1.71. The monoisotopic (exact) mass is 449 g/mol. The van der Waals surface area contributed by atoms with Crippen LogP contribution >= 0.6 is 0 Å². The highest BCUT2D eigenvalue weighted by Gasteiger charge is 2.33. The largest absolute Gasteiger partial charge is 0.385 e. The molecule has 0 amide bonds. The van der Waals surface area contributed by atoms with Crippen molar-refractivity contribution in [3.8, 4) is 0 Å². The number of hydrogen-bond acceptors (Lipinski definition) is 6. The fourth-order valence-electron chi connectivity index (χ4n) is 5.18. The van der Waals surface area contributed by atoms with E-state index in [0.717, 1.165) is 68.4 Å². The lowest BCUT2D eigenvalue weighted by Crippen LogP contribution is -2.42. The fraction of sp³-hybridized carbons (Fsp3) is 0.727. The molecule has 3 heterocycles. The predicted molar refractivity (Wildman–Crippen MR) is 123 cm³/mol. The first kappa shape index (κ1) is 22.5. The van der Waals surface area contributed by atoms with Gasteiger partial charge in [-0.25, -0.2) is 22.7 Å². The molecule has 0 unspecified atom stereocenters. The third-order valence-electron chi connectivity index (χ3n) is 7.17. The molecule has 1 saturated carbocycles. The van der Waals surface area contributed by atoms with Gasteiger partial charge in [-0.1, -0.05) is 0 Å². The molecule has 2 aromatic rings.